The zero-order chi connectivity index (χ0) is 20.8. The average Bonchev–Trinajstić information content (AvgIpc) is 2.69. The standard InChI is InChI=1S/C21H19NO7/c23-15-7-8-16-14(10-19(24)29-18(16)11-15)6-9-17(20(25)26)22-21(27)28-12-13-4-2-1-3-5-13/h1-5,7-8,10-11,17,23H,6,9,12H2,(H,22,27)(H,25,26)/t17-/m0/s1. The minimum Gasteiger partial charge on any atom is -0.508 e. The SMILES string of the molecule is O=C(N[C@@H](CCc1cc(=O)oc2cc(O)ccc12)C(=O)O)OCc1ccccc1. The van der Waals surface area contributed by atoms with Crippen LogP contribution in [-0.2, 0) is 22.6 Å². The van der Waals surface area contributed by atoms with E-state index in [9.17, 15) is 24.6 Å². The van der Waals surface area contributed by atoms with Crippen molar-refractivity contribution in [2.24, 2.45) is 0 Å². The van der Waals surface area contributed by atoms with Gasteiger partial charge in [-0.1, -0.05) is 30.3 Å². The molecule has 0 saturated carbocycles. The third kappa shape index (κ3) is 5.35. The van der Waals surface area contributed by atoms with E-state index in [1.54, 1.807) is 30.3 Å². The summed E-state index contributed by atoms with van der Waals surface area (Å²) in [7, 11) is 0. The van der Waals surface area contributed by atoms with Gasteiger partial charge in [-0.05, 0) is 36.1 Å². The van der Waals surface area contributed by atoms with Gasteiger partial charge in [0.05, 0.1) is 0 Å². The zero-order valence-corrected chi connectivity index (χ0v) is 15.3. The van der Waals surface area contributed by atoms with Gasteiger partial charge in [0.1, 0.15) is 24.0 Å². The fraction of sp³-hybridized carbons (Fsp3) is 0.190. The number of carbonyl (C=O) groups excluding carboxylic acids is 1. The maximum atomic E-state index is 12.0. The molecule has 0 bridgehead atoms. The van der Waals surface area contributed by atoms with Gasteiger partial charge < -0.3 is 24.7 Å². The summed E-state index contributed by atoms with van der Waals surface area (Å²) < 4.78 is 10.1. The van der Waals surface area contributed by atoms with Gasteiger partial charge in [-0.15, -0.1) is 0 Å². The Morgan fingerprint density at radius 2 is 1.86 bits per heavy atom. The molecule has 1 amide bonds. The lowest BCUT2D eigenvalue weighted by molar-refractivity contribution is -0.139. The van der Waals surface area contributed by atoms with Crippen LogP contribution in [0.1, 0.15) is 17.5 Å². The molecule has 1 heterocycles. The van der Waals surface area contributed by atoms with E-state index in [4.69, 9.17) is 9.15 Å². The van der Waals surface area contributed by atoms with Crippen molar-refractivity contribution in [3.05, 3.63) is 76.1 Å². The first-order valence-electron chi connectivity index (χ1n) is 8.88. The molecule has 0 spiro atoms. The monoisotopic (exact) mass is 397 g/mol. The molecular weight excluding hydrogens is 378 g/mol. The second-order valence-electron chi connectivity index (χ2n) is 6.41. The van der Waals surface area contributed by atoms with Crippen LogP contribution in [-0.4, -0.2) is 28.3 Å². The first-order valence-corrected chi connectivity index (χ1v) is 8.88. The van der Waals surface area contributed by atoms with Crippen molar-refractivity contribution in [3.8, 4) is 5.75 Å². The van der Waals surface area contributed by atoms with Crippen LogP contribution < -0.4 is 10.9 Å². The fourth-order valence-corrected chi connectivity index (χ4v) is 2.89. The maximum absolute atomic E-state index is 12.0. The summed E-state index contributed by atoms with van der Waals surface area (Å²) in [5, 5.41) is 21.8. The molecule has 3 rings (SSSR count). The molecule has 0 aliphatic carbocycles. The number of phenolic OH excluding ortho intramolecular Hbond substituents is 1. The Morgan fingerprint density at radius 1 is 1.10 bits per heavy atom. The Bertz CT molecular complexity index is 1080. The Hall–Kier alpha value is -3.81. The van der Waals surface area contributed by atoms with Crippen LogP contribution in [0.15, 0.2) is 63.8 Å². The molecule has 0 fully saturated rings. The van der Waals surface area contributed by atoms with Crippen LogP contribution >= 0.6 is 0 Å². The zero-order valence-electron chi connectivity index (χ0n) is 15.3. The minimum absolute atomic E-state index is 0.0207. The highest BCUT2D eigenvalue weighted by molar-refractivity contribution is 5.82. The number of nitrogens with one attached hydrogen (secondary N) is 1. The number of hydrogen-bond acceptors (Lipinski definition) is 6. The van der Waals surface area contributed by atoms with Crippen molar-refractivity contribution < 1.29 is 29.0 Å². The molecule has 1 aromatic heterocycles. The third-order valence-corrected chi connectivity index (χ3v) is 4.32. The van der Waals surface area contributed by atoms with Crippen molar-refractivity contribution in [2.45, 2.75) is 25.5 Å². The lowest BCUT2D eigenvalue weighted by atomic mass is 10.0. The number of amides is 1. The van der Waals surface area contributed by atoms with Crippen LogP contribution in [0, 0.1) is 0 Å². The van der Waals surface area contributed by atoms with Gasteiger partial charge >= 0.3 is 17.7 Å². The number of benzene rings is 2. The molecule has 1 atom stereocenters. The molecule has 150 valence electrons. The summed E-state index contributed by atoms with van der Waals surface area (Å²) in [6, 6.07) is 13.4. The summed E-state index contributed by atoms with van der Waals surface area (Å²) in [6.45, 7) is 0.0207. The lowest BCUT2D eigenvalue weighted by Gasteiger charge is -2.15. The quantitative estimate of drug-likeness (QED) is 0.523. The first kappa shape index (κ1) is 19.9. The summed E-state index contributed by atoms with van der Waals surface area (Å²) in [5.74, 6) is -1.27. The molecule has 8 heteroatoms. The van der Waals surface area contributed by atoms with E-state index in [0.717, 1.165) is 5.56 Å². The number of rotatable bonds is 7. The number of carboxylic acid groups (broad SMARTS) is 1. The van der Waals surface area contributed by atoms with E-state index < -0.39 is 23.7 Å². The molecule has 0 saturated heterocycles. The average molecular weight is 397 g/mol. The second kappa shape index (κ2) is 8.92. The van der Waals surface area contributed by atoms with Crippen LogP contribution in [0.2, 0.25) is 0 Å². The lowest BCUT2D eigenvalue weighted by Crippen LogP contribution is -2.41. The number of aromatic hydroxyl groups is 1. The van der Waals surface area contributed by atoms with Crippen LogP contribution in [0.3, 0.4) is 0 Å². The summed E-state index contributed by atoms with van der Waals surface area (Å²) in [6.07, 6.45) is -0.610. The third-order valence-electron chi connectivity index (χ3n) is 4.32. The number of fused-ring (bicyclic) bond motifs is 1. The van der Waals surface area contributed by atoms with Gasteiger partial charge in [-0.25, -0.2) is 14.4 Å². The Kier molecular flexibility index (Phi) is 6.13. The normalized spacial score (nSPS) is 11.7. The van der Waals surface area contributed by atoms with E-state index in [1.165, 1.54) is 18.2 Å². The van der Waals surface area contributed by atoms with Crippen molar-refractivity contribution in [1.29, 1.82) is 0 Å². The van der Waals surface area contributed by atoms with Gasteiger partial charge in [0.15, 0.2) is 0 Å². The summed E-state index contributed by atoms with van der Waals surface area (Å²) >= 11 is 0. The smallest absolute Gasteiger partial charge is 0.408 e. The predicted molar refractivity (Wildman–Crippen MR) is 104 cm³/mol. The number of alkyl carbamates (subject to hydrolysis) is 1. The van der Waals surface area contributed by atoms with Gasteiger partial charge in [0.2, 0.25) is 0 Å². The van der Waals surface area contributed by atoms with Crippen molar-refractivity contribution in [2.75, 3.05) is 0 Å². The van der Waals surface area contributed by atoms with E-state index in [-0.39, 0.29) is 30.8 Å². The number of hydrogen-bond donors (Lipinski definition) is 3. The molecule has 29 heavy (non-hydrogen) atoms. The first-order chi connectivity index (χ1) is 13.9. The Labute approximate surface area is 165 Å². The number of phenols is 1. The number of ether oxygens (including phenoxy) is 1. The van der Waals surface area contributed by atoms with Gasteiger partial charge in [0, 0.05) is 17.5 Å². The molecular formula is C21H19NO7. The van der Waals surface area contributed by atoms with Crippen molar-refractivity contribution in [3.63, 3.8) is 0 Å². The number of aliphatic carboxylic acids is 1. The van der Waals surface area contributed by atoms with Crippen LogP contribution in [0.25, 0.3) is 11.0 Å². The van der Waals surface area contributed by atoms with Crippen LogP contribution in [0.5, 0.6) is 5.75 Å². The van der Waals surface area contributed by atoms with E-state index in [1.807, 2.05) is 6.07 Å². The maximum Gasteiger partial charge on any atom is 0.408 e. The molecule has 3 aromatic rings. The van der Waals surface area contributed by atoms with Gasteiger partial charge in [-0.2, -0.15) is 0 Å². The van der Waals surface area contributed by atoms with E-state index in [2.05, 4.69) is 5.32 Å². The molecule has 2 aromatic carbocycles. The summed E-state index contributed by atoms with van der Waals surface area (Å²) in [5.41, 5.74) is 0.928. The predicted octanol–water partition coefficient (Wildman–Crippen LogP) is 2.81. The van der Waals surface area contributed by atoms with Crippen molar-refractivity contribution >= 4 is 23.0 Å². The Morgan fingerprint density at radius 3 is 2.59 bits per heavy atom. The number of aryl methyl sites for hydroxylation is 1. The number of carboxylic acids is 1. The highest BCUT2D eigenvalue weighted by Gasteiger charge is 2.21. The fourth-order valence-electron chi connectivity index (χ4n) is 2.89. The minimum atomic E-state index is -1.22. The largest absolute Gasteiger partial charge is 0.508 e. The van der Waals surface area contributed by atoms with E-state index >= 15 is 0 Å². The van der Waals surface area contributed by atoms with Crippen LogP contribution in [0.4, 0.5) is 4.79 Å². The second-order valence-corrected chi connectivity index (χ2v) is 6.41. The van der Waals surface area contributed by atoms with Gasteiger partial charge in [0.25, 0.3) is 0 Å². The molecule has 0 radical (unpaired) electrons. The highest BCUT2D eigenvalue weighted by Crippen LogP contribution is 2.23. The Balaban J connectivity index is 1.65. The molecule has 0 aliphatic heterocycles. The highest BCUT2D eigenvalue weighted by atomic mass is 16.5. The summed E-state index contributed by atoms with van der Waals surface area (Å²) in [4.78, 5) is 35.2. The number of carbonyl (C=O) groups is 2. The van der Waals surface area contributed by atoms with E-state index in [0.29, 0.717) is 10.9 Å². The van der Waals surface area contributed by atoms with Crippen molar-refractivity contribution in [1.82, 2.24) is 5.32 Å². The molecule has 0 aliphatic rings. The molecule has 3 N–H and O–H groups in total. The molecule has 0 unspecified atom stereocenters. The van der Waals surface area contributed by atoms with Gasteiger partial charge in [-0.3, -0.25) is 0 Å². The molecule has 8 nitrogen and oxygen atoms in total. The topological polar surface area (TPSA) is 126 Å².